The maximum absolute atomic E-state index is 8.93. The Bertz CT molecular complexity index is 510. The van der Waals surface area contributed by atoms with Crippen molar-refractivity contribution >= 4 is 17.6 Å². The van der Waals surface area contributed by atoms with Gasteiger partial charge in [-0.15, -0.1) is 0 Å². The molecular formula is C10H12N6O. The van der Waals surface area contributed by atoms with Crippen molar-refractivity contribution in [3.63, 3.8) is 0 Å². The average molecular weight is 232 g/mol. The van der Waals surface area contributed by atoms with Crippen LogP contribution >= 0.6 is 0 Å². The summed E-state index contributed by atoms with van der Waals surface area (Å²) in [6.07, 6.45) is 0. The Labute approximate surface area is 98.2 Å². The van der Waals surface area contributed by atoms with E-state index in [0.29, 0.717) is 17.0 Å². The van der Waals surface area contributed by atoms with E-state index in [4.69, 9.17) is 27.2 Å². The highest BCUT2D eigenvalue weighted by atomic mass is 16.5. The van der Waals surface area contributed by atoms with Gasteiger partial charge in [0.05, 0.1) is 12.7 Å². The largest absolute Gasteiger partial charge is 0.494 e. The Kier molecular flexibility index (Phi) is 3.89. The Morgan fingerprint density at radius 2 is 2.06 bits per heavy atom. The molecule has 0 bridgehead atoms. The molecule has 0 saturated heterocycles. The molecule has 7 nitrogen and oxygen atoms in total. The molecule has 1 aromatic carbocycles. The Balaban J connectivity index is 3.30. The maximum atomic E-state index is 8.93. The smallest absolute Gasteiger partial charge is 0.223 e. The first kappa shape index (κ1) is 12.3. The summed E-state index contributed by atoms with van der Waals surface area (Å²) in [5.41, 5.74) is 16.4. The number of methoxy groups -OCH3 is 1. The van der Waals surface area contributed by atoms with E-state index in [1.165, 1.54) is 7.11 Å². The summed E-state index contributed by atoms with van der Waals surface area (Å²) in [5.74, 6) is 0.0587. The summed E-state index contributed by atoms with van der Waals surface area (Å²) in [5, 5.41) is 8.93. The van der Waals surface area contributed by atoms with Crippen molar-refractivity contribution in [3.05, 3.63) is 23.8 Å². The molecule has 88 valence electrons. The highest BCUT2D eigenvalue weighted by molar-refractivity contribution is 5.94. The number of rotatable bonds is 2. The number of aliphatic imine (C=N–C) groups is 2. The standard InChI is InChI=1S/C10H12N6O/c1-17-7-4-2-3-6(5-11)8(7)15-10(14)16-9(12)13/h2-4H,1H3,(H6,12,13,14,15,16). The van der Waals surface area contributed by atoms with Crippen LogP contribution in [-0.4, -0.2) is 19.0 Å². The molecule has 0 aliphatic rings. The van der Waals surface area contributed by atoms with E-state index in [1.807, 2.05) is 6.07 Å². The van der Waals surface area contributed by atoms with Crippen LogP contribution in [0.4, 0.5) is 5.69 Å². The Morgan fingerprint density at radius 3 is 2.59 bits per heavy atom. The number of para-hydroxylation sites is 1. The Hall–Kier alpha value is -2.75. The topological polar surface area (TPSA) is 136 Å². The zero-order chi connectivity index (χ0) is 12.8. The van der Waals surface area contributed by atoms with Gasteiger partial charge in [0.2, 0.25) is 5.96 Å². The van der Waals surface area contributed by atoms with Crippen LogP contribution in [0.3, 0.4) is 0 Å². The number of hydrogen-bond donors (Lipinski definition) is 3. The molecule has 0 aromatic heterocycles. The van der Waals surface area contributed by atoms with Gasteiger partial charge in [-0.3, -0.25) is 0 Å². The van der Waals surface area contributed by atoms with Gasteiger partial charge in [-0.1, -0.05) is 6.07 Å². The lowest BCUT2D eigenvalue weighted by Gasteiger charge is -2.05. The third kappa shape index (κ3) is 3.10. The van der Waals surface area contributed by atoms with Gasteiger partial charge in [-0.2, -0.15) is 10.3 Å². The zero-order valence-electron chi connectivity index (χ0n) is 9.21. The molecule has 0 heterocycles. The van der Waals surface area contributed by atoms with E-state index in [-0.39, 0.29) is 11.9 Å². The summed E-state index contributed by atoms with van der Waals surface area (Å²) in [7, 11) is 1.46. The minimum atomic E-state index is -0.209. The second-order valence-corrected chi connectivity index (χ2v) is 2.97. The minimum Gasteiger partial charge on any atom is -0.494 e. The van der Waals surface area contributed by atoms with E-state index in [2.05, 4.69) is 9.98 Å². The number of ether oxygens (including phenoxy) is 1. The molecule has 1 aromatic rings. The quantitative estimate of drug-likeness (QED) is 0.478. The first-order valence-corrected chi connectivity index (χ1v) is 4.59. The average Bonchev–Trinajstić information content (AvgIpc) is 2.28. The molecule has 0 unspecified atom stereocenters. The lowest BCUT2D eigenvalue weighted by Crippen LogP contribution is -2.26. The summed E-state index contributed by atoms with van der Waals surface area (Å²) >= 11 is 0. The van der Waals surface area contributed by atoms with E-state index < -0.39 is 0 Å². The molecule has 17 heavy (non-hydrogen) atoms. The van der Waals surface area contributed by atoms with Crippen molar-refractivity contribution in [1.29, 1.82) is 5.26 Å². The third-order valence-corrected chi connectivity index (χ3v) is 1.81. The number of benzene rings is 1. The van der Waals surface area contributed by atoms with Crippen LogP contribution in [0.25, 0.3) is 0 Å². The van der Waals surface area contributed by atoms with Gasteiger partial charge in [0.25, 0.3) is 0 Å². The van der Waals surface area contributed by atoms with E-state index in [1.54, 1.807) is 18.2 Å². The van der Waals surface area contributed by atoms with Crippen molar-refractivity contribution in [1.82, 2.24) is 0 Å². The van der Waals surface area contributed by atoms with Crippen molar-refractivity contribution in [2.24, 2.45) is 27.2 Å². The number of nitriles is 1. The summed E-state index contributed by atoms with van der Waals surface area (Å²) in [6, 6.07) is 6.89. The zero-order valence-corrected chi connectivity index (χ0v) is 9.21. The van der Waals surface area contributed by atoms with Crippen LogP contribution in [0.15, 0.2) is 28.2 Å². The number of hydrogen-bond acceptors (Lipinski definition) is 3. The summed E-state index contributed by atoms with van der Waals surface area (Å²) in [4.78, 5) is 7.50. The molecule has 0 aliphatic carbocycles. The fourth-order valence-corrected chi connectivity index (χ4v) is 1.16. The van der Waals surface area contributed by atoms with Crippen LogP contribution in [0.2, 0.25) is 0 Å². The van der Waals surface area contributed by atoms with Crippen LogP contribution in [0.5, 0.6) is 5.75 Å². The van der Waals surface area contributed by atoms with Crippen molar-refractivity contribution < 1.29 is 4.74 Å². The Morgan fingerprint density at radius 1 is 1.35 bits per heavy atom. The predicted molar refractivity (Wildman–Crippen MR) is 64.8 cm³/mol. The third-order valence-electron chi connectivity index (χ3n) is 1.81. The maximum Gasteiger partial charge on any atom is 0.223 e. The predicted octanol–water partition coefficient (Wildman–Crippen LogP) is -0.214. The summed E-state index contributed by atoms with van der Waals surface area (Å²) < 4.78 is 5.07. The van der Waals surface area contributed by atoms with Crippen molar-refractivity contribution in [2.45, 2.75) is 0 Å². The first-order chi connectivity index (χ1) is 8.08. The first-order valence-electron chi connectivity index (χ1n) is 4.59. The van der Waals surface area contributed by atoms with E-state index in [0.717, 1.165) is 0 Å². The molecule has 1 rings (SSSR count). The molecule has 0 fully saturated rings. The van der Waals surface area contributed by atoms with E-state index in [9.17, 15) is 0 Å². The fourth-order valence-electron chi connectivity index (χ4n) is 1.16. The van der Waals surface area contributed by atoms with E-state index >= 15 is 0 Å². The molecular weight excluding hydrogens is 220 g/mol. The molecule has 0 atom stereocenters. The van der Waals surface area contributed by atoms with Crippen LogP contribution in [0, 0.1) is 11.3 Å². The van der Waals surface area contributed by atoms with Gasteiger partial charge in [-0.25, -0.2) is 4.99 Å². The van der Waals surface area contributed by atoms with Gasteiger partial charge in [0, 0.05) is 0 Å². The number of nitrogens with zero attached hydrogens (tertiary/aromatic N) is 3. The number of guanidine groups is 2. The van der Waals surface area contributed by atoms with Crippen LogP contribution in [0.1, 0.15) is 5.56 Å². The van der Waals surface area contributed by atoms with Crippen molar-refractivity contribution in [3.8, 4) is 11.8 Å². The fraction of sp³-hybridized carbons (Fsp3) is 0.100. The monoisotopic (exact) mass is 232 g/mol. The SMILES string of the molecule is COc1cccc(C#N)c1N=C(N)N=C(N)N. The minimum absolute atomic E-state index is 0.147. The van der Waals surface area contributed by atoms with Gasteiger partial charge in [0.1, 0.15) is 17.5 Å². The molecule has 0 aliphatic heterocycles. The van der Waals surface area contributed by atoms with Gasteiger partial charge < -0.3 is 21.9 Å². The molecule has 0 amide bonds. The molecule has 0 radical (unpaired) electrons. The van der Waals surface area contributed by atoms with Crippen LogP contribution < -0.4 is 21.9 Å². The molecule has 7 heteroatoms. The highest BCUT2D eigenvalue weighted by Crippen LogP contribution is 2.30. The lowest BCUT2D eigenvalue weighted by atomic mass is 10.2. The van der Waals surface area contributed by atoms with Crippen molar-refractivity contribution in [2.75, 3.05) is 7.11 Å². The second kappa shape index (κ2) is 5.37. The molecule has 6 N–H and O–H groups in total. The summed E-state index contributed by atoms with van der Waals surface area (Å²) in [6.45, 7) is 0. The van der Waals surface area contributed by atoms with Gasteiger partial charge in [0.15, 0.2) is 5.96 Å². The van der Waals surface area contributed by atoms with Crippen LogP contribution in [-0.2, 0) is 0 Å². The molecule has 0 spiro atoms. The second-order valence-electron chi connectivity index (χ2n) is 2.97. The highest BCUT2D eigenvalue weighted by Gasteiger charge is 2.08. The molecule has 0 saturated carbocycles. The number of nitrogens with two attached hydrogens (primary N) is 3. The lowest BCUT2D eigenvalue weighted by molar-refractivity contribution is 0.416. The normalized spacial score (nSPS) is 10.5. The van der Waals surface area contributed by atoms with Gasteiger partial charge in [-0.05, 0) is 12.1 Å². The van der Waals surface area contributed by atoms with Gasteiger partial charge >= 0.3 is 0 Å².